The van der Waals surface area contributed by atoms with Crippen molar-refractivity contribution in [1.82, 2.24) is 20.1 Å². The van der Waals surface area contributed by atoms with Crippen molar-refractivity contribution < 1.29 is 18.8 Å². The number of rotatable bonds is 5. The lowest BCUT2D eigenvalue weighted by molar-refractivity contribution is -0.137. The predicted molar refractivity (Wildman–Crippen MR) is 139 cm³/mol. The van der Waals surface area contributed by atoms with Crippen LogP contribution in [0.3, 0.4) is 0 Å². The quantitative estimate of drug-likeness (QED) is 0.654. The van der Waals surface area contributed by atoms with E-state index in [-0.39, 0.29) is 36.3 Å². The van der Waals surface area contributed by atoms with Crippen LogP contribution < -0.4 is 5.32 Å². The number of likely N-dealkylation sites (N-methyl/N-ethyl adjacent to an activating group) is 1. The van der Waals surface area contributed by atoms with Crippen molar-refractivity contribution >= 4 is 28.6 Å². The van der Waals surface area contributed by atoms with Crippen molar-refractivity contribution in [1.29, 1.82) is 5.26 Å². The van der Waals surface area contributed by atoms with Gasteiger partial charge in [0.1, 0.15) is 17.9 Å². The first kappa shape index (κ1) is 25.6. The lowest BCUT2D eigenvalue weighted by atomic mass is 9.76. The van der Waals surface area contributed by atoms with Crippen molar-refractivity contribution in [3.63, 3.8) is 0 Å². The third kappa shape index (κ3) is 4.24. The molecule has 0 bridgehead atoms. The predicted octanol–water partition coefficient (Wildman–Crippen LogP) is 3.71. The molecule has 1 saturated heterocycles. The number of hydrogen-bond donors (Lipinski definition) is 1. The summed E-state index contributed by atoms with van der Waals surface area (Å²) in [7, 11) is 1.56. The van der Waals surface area contributed by atoms with E-state index in [1.807, 2.05) is 26.0 Å². The number of pyridine rings is 1. The number of halogens is 1. The Hall–Kier alpha value is -4.06. The fourth-order valence-corrected chi connectivity index (χ4v) is 5.92. The van der Waals surface area contributed by atoms with Crippen molar-refractivity contribution in [2.45, 2.75) is 51.6 Å². The van der Waals surface area contributed by atoms with E-state index < -0.39 is 29.2 Å². The van der Waals surface area contributed by atoms with Crippen LogP contribution >= 0.6 is 0 Å². The standard InChI is InChI=1S/C29H30FN5O3/c1-17(2)10-25(34(3)26(36)19-11-18-12-20(30)8-9-23(18)32-15-19)27(37)35-16-29(13-21(35)14-31)22-6-4-5-7-24(22)33-28(29)38/h5,7-9,11-12,15,17,21,25H,4,6,10,13,16H2,1-3H3,(H,33,38)/t21-,25-,29-/m0/s1. The highest BCUT2D eigenvalue weighted by molar-refractivity contribution is 6.00. The molecule has 1 spiro atoms. The molecule has 2 aromatic rings. The maximum atomic E-state index is 14.0. The summed E-state index contributed by atoms with van der Waals surface area (Å²) in [5.74, 6) is -1.31. The zero-order chi connectivity index (χ0) is 27.2. The number of nitrogens with one attached hydrogen (secondary N) is 1. The fraction of sp³-hybridized carbons (Fsp3) is 0.414. The summed E-state index contributed by atoms with van der Waals surface area (Å²) in [4.78, 5) is 47.9. The topological polar surface area (TPSA) is 106 Å². The third-order valence-corrected chi connectivity index (χ3v) is 7.88. The monoisotopic (exact) mass is 515 g/mol. The van der Waals surface area contributed by atoms with Crippen molar-refractivity contribution in [3.8, 4) is 6.07 Å². The molecule has 196 valence electrons. The average molecular weight is 516 g/mol. The molecule has 0 unspecified atom stereocenters. The molecule has 2 aliphatic heterocycles. The van der Waals surface area contributed by atoms with Gasteiger partial charge >= 0.3 is 0 Å². The zero-order valence-corrected chi connectivity index (χ0v) is 21.7. The summed E-state index contributed by atoms with van der Waals surface area (Å²) in [6.45, 7) is 4.03. The maximum Gasteiger partial charge on any atom is 0.255 e. The highest BCUT2D eigenvalue weighted by Gasteiger charge is 2.57. The van der Waals surface area contributed by atoms with E-state index in [1.54, 1.807) is 19.2 Å². The molecule has 1 fully saturated rings. The zero-order valence-electron chi connectivity index (χ0n) is 21.7. The first-order valence-corrected chi connectivity index (χ1v) is 12.9. The van der Waals surface area contributed by atoms with Gasteiger partial charge in [0.05, 0.1) is 22.6 Å². The minimum Gasteiger partial charge on any atom is -0.330 e. The van der Waals surface area contributed by atoms with Crippen LogP contribution in [-0.4, -0.2) is 58.2 Å². The van der Waals surface area contributed by atoms with Gasteiger partial charge in [0, 0.05) is 37.3 Å². The molecule has 1 aromatic carbocycles. The third-order valence-electron chi connectivity index (χ3n) is 7.88. The first-order valence-electron chi connectivity index (χ1n) is 12.9. The Morgan fingerprint density at radius 3 is 2.87 bits per heavy atom. The molecule has 8 nitrogen and oxygen atoms in total. The van der Waals surface area contributed by atoms with Crippen molar-refractivity contribution in [2.75, 3.05) is 13.6 Å². The van der Waals surface area contributed by atoms with Crippen LogP contribution in [0.15, 0.2) is 53.9 Å². The summed E-state index contributed by atoms with van der Waals surface area (Å²) in [6, 6.07) is 6.33. The minimum atomic E-state index is -0.923. The molecule has 9 heteroatoms. The van der Waals surface area contributed by atoms with E-state index in [9.17, 15) is 24.0 Å². The molecular weight excluding hydrogens is 485 g/mol. The molecule has 1 N–H and O–H groups in total. The summed E-state index contributed by atoms with van der Waals surface area (Å²) >= 11 is 0. The lowest BCUT2D eigenvalue weighted by Crippen LogP contribution is -2.51. The number of carbonyl (C=O) groups is 3. The molecular formula is C29H30FN5O3. The SMILES string of the molecule is CC(C)C[C@@H](C(=O)N1C[C@]2(C[C@H]1C#N)C(=O)NC1=C2CCC=C1)N(C)C(=O)c1cnc2ccc(F)cc2c1. The Morgan fingerprint density at radius 2 is 2.13 bits per heavy atom. The molecule has 0 saturated carbocycles. The molecule has 1 aliphatic carbocycles. The highest BCUT2D eigenvalue weighted by Crippen LogP contribution is 2.49. The highest BCUT2D eigenvalue weighted by atomic mass is 19.1. The molecule has 3 amide bonds. The Labute approximate surface area is 220 Å². The maximum absolute atomic E-state index is 14.0. The van der Waals surface area contributed by atoms with Gasteiger partial charge < -0.3 is 15.1 Å². The van der Waals surface area contributed by atoms with Gasteiger partial charge in [0.15, 0.2) is 0 Å². The number of nitrogens with zero attached hydrogens (tertiary/aromatic N) is 4. The molecule has 3 atom stereocenters. The second-order valence-corrected chi connectivity index (χ2v) is 10.8. The number of carbonyl (C=O) groups excluding carboxylic acids is 3. The van der Waals surface area contributed by atoms with E-state index in [0.29, 0.717) is 23.7 Å². The Morgan fingerprint density at radius 1 is 1.34 bits per heavy atom. The summed E-state index contributed by atoms with van der Waals surface area (Å²) in [6.07, 6.45) is 7.45. The molecule has 3 aliphatic rings. The summed E-state index contributed by atoms with van der Waals surface area (Å²) < 4.78 is 13.8. The number of allylic oxidation sites excluding steroid dienone is 2. The van der Waals surface area contributed by atoms with Crippen LogP contribution in [0, 0.1) is 28.5 Å². The summed E-state index contributed by atoms with van der Waals surface area (Å²) in [5.41, 5.74) is 1.60. The average Bonchev–Trinajstić information content (AvgIpc) is 3.43. The van der Waals surface area contributed by atoms with Gasteiger partial charge in [-0.05, 0) is 61.1 Å². The molecule has 0 radical (unpaired) electrons. The van der Waals surface area contributed by atoms with E-state index >= 15 is 0 Å². The normalized spacial score (nSPS) is 23.1. The van der Waals surface area contributed by atoms with Gasteiger partial charge in [-0.3, -0.25) is 19.4 Å². The molecule has 3 heterocycles. The van der Waals surface area contributed by atoms with Gasteiger partial charge in [-0.15, -0.1) is 0 Å². The van der Waals surface area contributed by atoms with E-state index in [1.165, 1.54) is 28.1 Å². The number of nitriles is 1. The Balaban J connectivity index is 1.45. The first-order chi connectivity index (χ1) is 18.1. The van der Waals surface area contributed by atoms with Crippen LogP contribution in [0.1, 0.15) is 49.9 Å². The van der Waals surface area contributed by atoms with Gasteiger partial charge in [-0.2, -0.15) is 5.26 Å². The van der Waals surface area contributed by atoms with Crippen LogP contribution in [0.5, 0.6) is 0 Å². The Bertz CT molecular complexity index is 1440. The van der Waals surface area contributed by atoms with E-state index in [4.69, 9.17) is 0 Å². The number of fused-ring (bicyclic) bond motifs is 2. The van der Waals surface area contributed by atoms with Gasteiger partial charge in [0.25, 0.3) is 5.91 Å². The smallest absolute Gasteiger partial charge is 0.255 e. The summed E-state index contributed by atoms with van der Waals surface area (Å²) in [5, 5.41) is 13.4. The Kier molecular flexibility index (Phi) is 6.51. The lowest BCUT2D eigenvalue weighted by Gasteiger charge is -2.33. The van der Waals surface area contributed by atoms with Crippen LogP contribution in [-0.2, 0) is 9.59 Å². The minimum absolute atomic E-state index is 0.0766. The van der Waals surface area contributed by atoms with Crippen LogP contribution in [0.25, 0.3) is 10.9 Å². The molecule has 5 rings (SSSR count). The largest absolute Gasteiger partial charge is 0.330 e. The molecule has 1 aromatic heterocycles. The fourth-order valence-electron chi connectivity index (χ4n) is 5.92. The van der Waals surface area contributed by atoms with Gasteiger partial charge in [-0.25, -0.2) is 4.39 Å². The van der Waals surface area contributed by atoms with E-state index in [0.717, 1.165) is 17.7 Å². The van der Waals surface area contributed by atoms with Crippen molar-refractivity contribution in [2.24, 2.45) is 11.3 Å². The van der Waals surface area contributed by atoms with E-state index in [2.05, 4.69) is 16.4 Å². The van der Waals surface area contributed by atoms with Crippen LogP contribution in [0.2, 0.25) is 0 Å². The second kappa shape index (κ2) is 9.67. The number of aromatic nitrogens is 1. The molecule has 38 heavy (non-hydrogen) atoms. The van der Waals surface area contributed by atoms with Crippen LogP contribution in [0.4, 0.5) is 4.39 Å². The van der Waals surface area contributed by atoms with Crippen molar-refractivity contribution in [3.05, 3.63) is 65.3 Å². The number of amides is 3. The van der Waals surface area contributed by atoms with Gasteiger partial charge in [-0.1, -0.05) is 19.9 Å². The van der Waals surface area contributed by atoms with Gasteiger partial charge in [0.2, 0.25) is 11.8 Å². The number of hydrogen-bond acceptors (Lipinski definition) is 5. The number of benzene rings is 1. The number of likely N-dealkylation sites (tertiary alicyclic amines) is 1. The second-order valence-electron chi connectivity index (χ2n) is 10.8.